The second-order valence-corrected chi connectivity index (χ2v) is 7.04. The van der Waals surface area contributed by atoms with E-state index in [0.717, 1.165) is 5.56 Å². The molecule has 1 aliphatic carbocycles. The zero-order chi connectivity index (χ0) is 19.8. The molecule has 1 amide bonds. The number of allylic oxidation sites excluding steroid dienone is 2. The van der Waals surface area contributed by atoms with Gasteiger partial charge in [0.1, 0.15) is 16.9 Å². The molecule has 0 spiro atoms. The van der Waals surface area contributed by atoms with Crippen LogP contribution in [0.2, 0.25) is 0 Å². The fourth-order valence-electron chi connectivity index (χ4n) is 3.66. The first-order valence-electron chi connectivity index (χ1n) is 8.59. The Morgan fingerprint density at radius 3 is 2.19 bits per heavy atom. The highest BCUT2D eigenvalue weighted by atomic mass is 16.5. The molecule has 1 aromatic carbocycles. The van der Waals surface area contributed by atoms with Crippen LogP contribution in [0.25, 0.3) is 0 Å². The van der Waals surface area contributed by atoms with E-state index in [4.69, 9.17) is 10.1 Å². The molecule has 1 heterocycles. The number of likely N-dealkylation sites (N-methyl/N-ethyl adjacent to an activating group) is 2. The molecular weight excluding hydrogens is 346 g/mol. The van der Waals surface area contributed by atoms with E-state index in [1.807, 2.05) is 24.3 Å². The summed E-state index contributed by atoms with van der Waals surface area (Å²) in [6.45, 7) is 0. The lowest BCUT2D eigenvalue weighted by Crippen LogP contribution is -2.54. The first-order chi connectivity index (χ1) is 12.7. The molecule has 1 saturated heterocycles. The summed E-state index contributed by atoms with van der Waals surface area (Å²) >= 11 is 0. The van der Waals surface area contributed by atoms with Crippen LogP contribution in [0.15, 0.2) is 48.6 Å². The van der Waals surface area contributed by atoms with Crippen molar-refractivity contribution in [2.45, 2.75) is 24.0 Å². The van der Waals surface area contributed by atoms with Crippen LogP contribution in [0.5, 0.6) is 5.75 Å². The highest BCUT2D eigenvalue weighted by molar-refractivity contribution is 6.08. The standard InChI is InChI=1S/C20H23N3O4/c1-22-17(25)20(23(2)18(22)21,12-14-4-6-16(27-3)7-5-14)13-19(26)10-8-15(24)9-11-19/h4-11,21,26H,12-13H2,1-3H3. The van der Waals surface area contributed by atoms with Gasteiger partial charge in [0, 0.05) is 26.9 Å². The molecule has 7 nitrogen and oxygen atoms in total. The maximum absolute atomic E-state index is 13.1. The first kappa shape index (κ1) is 18.8. The molecule has 27 heavy (non-hydrogen) atoms. The quantitative estimate of drug-likeness (QED) is 0.812. The molecule has 1 fully saturated rings. The number of hydrogen-bond donors (Lipinski definition) is 2. The van der Waals surface area contributed by atoms with Crippen molar-refractivity contribution in [1.29, 1.82) is 5.41 Å². The SMILES string of the molecule is COc1ccc(CC2(CC3(O)C=CC(=O)C=C3)C(=O)N(C)C(=N)N2C)cc1. The third-order valence-corrected chi connectivity index (χ3v) is 5.28. The average molecular weight is 369 g/mol. The van der Waals surface area contributed by atoms with Crippen LogP contribution in [0.4, 0.5) is 0 Å². The number of benzene rings is 1. The molecule has 0 radical (unpaired) electrons. The van der Waals surface area contributed by atoms with E-state index in [1.54, 1.807) is 26.1 Å². The number of amides is 1. The summed E-state index contributed by atoms with van der Waals surface area (Å²) in [4.78, 5) is 27.5. The Balaban J connectivity index is 2.00. The van der Waals surface area contributed by atoms with E-state index in [2.05, 4.69) is 0 Å². The van der Waals surface area contributed by atoms with E-state index in [-0.39, 0.29) is 24.1 Å². The largest absolute Gasteiger partial charge is 0.497 e. The second kappa shape index (κ2) is 6.66. The number of aliphatic hydroxyl groups is 1. The number of carbonyl (C=O) groups is 2. The zero-order valence-corrected chi connectivity index (χ0v) is 15.6. The number of carbonyl (C=O) groups excluding carboxylic acids is 2. The van der Waals surface area contributed by atoms with Gasteiger partial charge >= 0.3 is 0 Å². The monoisotopic (exact) mass is 369 g/mol. The normalized spacial score (nSPS) is 24.1. The predicted octanol–water partition coefficient (Wildman–Crippen LogP) is 1.13. The molecule has 2 N–H and O–H groups in total. The molecule has 1 unspecified atom stereocenters. The summed E-state index contributed by atoms with van der Waals surface area (Å²) in [5.74, 6) is 0.300. The maximum Gasteiger partial charge on any atom is 0.255 e. The van der Waals surface area contributed by atoms with Gasteiger partial charge in [-0.1, -0.05) is 12.1 Å². The number of nitrogens with one attached hydrogen (secondary N) is 1. The van der Waals surface area contributed by atoms with Crippen LogP contribution in [-0.2, 0) is 16.0 Å². The minimum absolute atomic E-state index is 0.0222. The lowest BCUT2D eigenvalue weighted by atomic mass is 9.77. The van der Waals surface area contributed by atoms with Gasteiger partial charge in [0.25, 0.3) is 5.91 Å². The Morgan fingerprint density at radius 2 is 1.70 bits per heavy atom. The van der Waals surface area contributed by atoms with Crippen molar-refractivity contribution in [2.75, 3.05) is 21.2 Å². The van der Waals surface area contributed by atoms with E-state index in [0.29, 0.717) is 12.2 Å². The summed E-state index contributed by atoms with van der Waals surface area (Å²) in [5.41, 5.74) is -1.72. The fourth-order valence-corrected chi connectivity index (χ4v) is 3.66. The summed E-state index contributed by atoms with van der Waals surface area (Å²) in [6, 6.07) is 7.35. The Morgan fingerprint density at radius 1 is 1.11 bits per heavy atom. The minimum atomic E-state index is -1.45. The molecule has 1 aliphatic heterocycles. The number of ether oxygens (including phenoxy) is 1. The number of ketones is 1. The molecule has 7 heteroatoms. The van der Waals surface area contributed by atoms with Gasteiger partial charge < -0.3 is 14.7 Å². The van der Waals surface area contributed by atoms with Crippen LogP contribution in [-0.4, -0.2) is 64.9 Å². The van der Waals surface area contributed by atoms with Gasteiger partial charge in [-0.25, -0.2) is 0 Å². The van der Waals surface area contributed by atoms with E-state index < -0.39 is 11.1 Å². The molecular formula is C20H23N3O4. The summed E-state index contributed by atoms with van der Waals surface area (Å²) in [6.07, 6.45) is 5.75. The van der Waals surface area contributed by atoms with Gasteiger partial charge in [-0.2, -0.15) is 0 Å². The van der Waals surface area contributed by atoms with Crippen molar-refractivity contribution in [1.82, 2.24) is 9.80 Å². The molecule has 0 bridgehead atoms. The molecule has 1 aromatic rings. The molecule has 142 valence electrons. The number of hydrogen-bond acceptors (Lipinski definition) is 5. The summed E-state index contributed by atoms with van der Waals surface area (Å²) in [7, 11) is 4.81. The van der Waals surface area contributed by atoms with Gasteiger partial charge in [-0.3, -0.25) is 19.9 Å². The van der Waals surface area contributed by atoms with Gasteiger partial charge in [-0.15, -0.1) is 0 Å². The van der Waals surface area contributed by atoms with Gasteiger partial charge in [0.2, 0.25) is 5.96 Å². The Kier molecular flexibility index (Phi) is 4.65. The first-order valence-corrected chi connectivity index (χ1v) is 8.59. The van der Waals surface area contributed by atoms with Crippen molar-refractivity contribution < 1.29 is 19.4 Å². The van der Waals surface area contributed by atoms with E-state index >= 15 is 0 Å². The highest BCUT2D eigenvalue weighted by Gasteiger charge is 2.55. The van der Waals surface area contributed by atoms with E-state index in [9.17, 15) is 14.7 Å². The molecule has 0 aromatic heterocycles. The molecule has 2 aliphatic rings. The van der Waals surface area contributed by atoms with Crippen molar-refractivity contribution >= 4 is 17.6 Å². The molecule has 3 rings (SSSR count). The van der Waals surface area contributed by atoms with Crippen LogP contribution < -0.4 is 4.74 Å². The van der Waals surface area contributed by atoms with Crippen LogP contribution >= 0.6 is 0 Å². The van der Waals surface area contributed by atoms with E-state index in [1.165, 1.54) is 29.2 Å². The number of rotatable bonds is 5. The minimum Gasteiger partial charge on any atom is -0.497 e. The van der Waals surface area contributed by atoms with Gasteiger partial charge in [-0.05, 0) is 42.0 Å². The van der Waals surface area contributed by atoms with Crippen molar-refractivity contribution in [3.05, 3.63) is 54.1 Å². The number of nitrogens with zero attached hydrogens (tertiary/aromatic N) is 2. The predicted molar refractivity (Wildman–Crippen MR) is 101 cm³/mol. The van der Waals surface area contributed by atoms with Gasteiger partial charge in [0.05, 0.1) is 7.11 Å². The highest BCUT2D eigenvalue weighted by Crippen LogP contribution is 2.38. The Labute approximate surface area is 158 Å². The second-order valence-electron chi connectivity index (χ2n) is 7.04. The molecule has 0 saturated carbocycles. The lowest BCUT2D eigenvalue weighted by Gasteiger charge is -2.39. The average Bonchev–Trinajstić information content (AvgIpc) is 2.81. The fraction of sp³-hybridized carbons (Fsp3) is 0.350. The van der Waals surface area contributed by atoms with Crippen LogP contribution in [0, 0.1) is 5.41 Å². The zero-order valence-electron chi connectivity index (χ0n) is 15.6. The maximum atomic E-state index is 13.1. The van der Waals surface area contributed by atoms with Crippen molar-refractivity contribution in [2.24, 2.45) is 0 Å². The van der Waals surface area contributed by atoms with Gasteiger partial charge in [0.15, 0.2) is 5.78 Å². The van der Waals surface area contributed by atoms with Crippen molar-refractivity contribution in [3.8, 4) is 5.75 Å². The topological polar surface area (TPSA) is 93.9 Å². The summed E-state index contributed by atoms with van der Waals surface area (Å²) < 4.78 is 5.18. The third-order valence-electron chi connectivity index (χ3n) is 5.28. The molecule has 1 atom stereocenters. The van der Waals surface area contributed by atoms with Crippen LogP contribution in [0.1, 0.15) is 12.0 Å². The number of guanidine groups is 1. The third kappa shape index (κ3) is 3.26. The van der Waals surface area contributed by atoms with Crippen molar-refractivity contribution in [3.63, 3.8) is 0 Å². The number of methoxy groups -OCH3 is 1. The smallest absolute Gasteiger partial charge is 0.255 e. The Bertz CT molecular complexity index is 827. The Hall–Kier alpha value is -2.93. The lowest BCUT2D eigenvalue weighted by molar-refractivity contribution is -0.134. The van der Waals surface area contributed by atoms with Crippen LogP contribution in [0.3, 0.4) is 0 Å². The summed E-state index contributed by atoms with van der Waals surface area (Å²) in [5, 5.41) is 19.2.